The van der Waals surface area contributed by atoms with Gasteiger partial charge in [-0.05, 0) is 6.07 Å². The molecule has 0 aromatic carbocycles. The van der Waals surface area contributed by atoms with Gasteiger partial charge in [0.2, 0.25) is 0 Å². The summed E-state index contributed by atoms with van der Waals surface area (Å²) in [6.07, 6.45) is -0.142. The molecule has 2 unspecified atom stereocenters. The molecule has 0 amide bonds. The number of pyridine rings is 1. The van der Waals surface area contributed by atoms with Crippen molar-refractivity contribution in [2.45, 2.75) is 12.2 Å². The summed E-state index contributed by atoms with van der Waals surface area (Å²) >= 11 is 0. The number of anilines is 2. The van der Waals surface area contributed by atoms with E-state index in [1.807, 2.05) is 6.07 Å². The minimum Gasteiger partial charge on any atom is -0.396 e. The number of rotatable bonds is 1. The highest BCUT2D eigenvalue weighted by molar-refractivity contribution is 5.65. The lowest BCUT2D eigenvalue weighted by atomic mass is 10.2. The fourth-order valence-corrected chi connectivity index (χ4v) is 1.74. The van der Waals surface area contributed by atoms with Crippen LogP contribution in [0.15, 0.2) is 12.3 Å². The van der Waals surface area contributed by atoms with Crippen LogP contribution in [0.3, 0.4) is 0 Å². The predicted molar refractivity (Wildman–Crippen MR) is 57.6 cm³/mol. The summed E-state index contributed by atoms with van der Waals surface area (Å²) in [5.41, 5.74) is 6.51. The van der Waals surface area contributed by atoms with Crippen LogP contribution in [0.1, 0.15) is 5.56 Å². The molecule has 2 rings (SSSR count). The van der Waals surface area contributed by atoms with Crippen molar-refractivity contribution in [3.8, 4) is 6.07 Å². The number of nitrogens with two attached hydrogens (primary N) is 1. The van der Waals surface area contributed by atoms with Gasteiger partial charge in [-0.1, -0.05) is 0 Å². The number of hydrogen-bond acceptors (Lipinski definition) is 6. The molecule has 84 valence electrons. The maximum Gasteiger partial charge on any atom is 0.152 e. The molecule has 2 atom stereocenters. The average Bonchev–Trinajstić information content (AvgIpc) is 2.58. The minimum absolute atomic E-state index is 0.296. The van der Waals surface area contributed by atoms with Gasteiger partial charge < -0.3 is 20.8 Å². The molecule has 1 aromatic heterocycles. The van der Waals surface area contributed by atoms with Crippen molar-refractivity contribution in [1.29, 1.82) is 5.26 Å². The van der Waals surface area contributed by atoms with Crippen molar-refractivity contribution in [3.05, 3.63) is 17.8 Å². The first kappa shape index (κ1) is 10.7. The molecule has 1 aliphatic rings. The molecule has 1 saturated heterocycles. The Morgan fingerprint density at radius 1 is 1.44 bits per heavy atom. The molecule has 16 heavy (non-hydrogen) atoms. The van der Waals surface area contributed by atoms with Gasteiger partial charge in [-0.3, -0.25) is 0 Å². The van der Waals surface area contributed by atoms with Crippen molar-refractivity contribution in [3.63, 3.8) is 0 Å². The normalized spacial score (nSPS) is 24.4. The number of aliphatic hydroxyl groups excluding tert-OH is 2. The molecular formula is C10H12N4O2. The van der Waals surface area contributed by atoms with Crippen LogP contribution in [0.25, 0.3) is 0 Å². The fourth-order valence-electron chi connectivity index (χ4n) is 1.74. The first-order chi connectivity index (χ1) is 7.61. The van der Waals surface area contributed by atoms with Crippen molar-refractivity contribution in [2.75, 3.05) is 23.7 Å². The van der Waals surface area contributed by atoms with Crippen LogP contribution in [0.4, 0.5) is 11.5 Å². The monoisotopic (exact) mass is 220 g/mol. The number of hydrogen-bond donors (Lipinski definition) is 3. The molecule has 0 radical (unpaired) electrons. The van der Waals surface area contributed by atoms with E-state index in [9.17, 15) is 10.2 Å². The number of nitrogen functional groups attached to an aromatic ring is 1. The number of aromatic nitrogens is 1. The number of β-amino-alcohol motifs (C(OH)–C–C–N with tert-alkyl or cyclic N) is 2. The first-order valence-corrected chi connectivity index (χ1v) is 4.88. The van der Waals surface area contributed by atoms with Gasteiger partial charge in [0, 0.05) is 19.3 Å². The Balaban J connectivity index is 2.26. The fraction of sp³-hybridized carbons (Fsp3) is 0.400. The summed E-state index contributed by atoms with van der Waals surface area (Å²) in [6.45, 7) is 0.592. The topological polar surface area (TPSA) is 106 Å². The van der Waals surface area contributed by atoms with Gasteiger partial charge in [0.15, 0.2) is 5.82 Å². The van der Waals surface area contributed by atoms with E-state index in [0.717, 1.165) is 0 Å². The van der Waals surface area contributed by atoms with Gasteiger partial charge >= 0.3 is 0 Å². The lowest BCUT2D eigenvalue weighted by Gasteiger charge is -2.18. The quantitative estimate of drug-likeness (QED) is 0.565. The highest BCUT2D eigenvalue weighted by Gasteiger charge is 2.31. The lowest BCUT2D eigenvalue weighted by molar-refractivity contribution is 0.0572. The third-order valence-electron chi connectivity index (χ3n) is 2.58. The van der Waals surface area contributed by atoms with Crippen LogP contribution >= 0.6 is 0 Å². The molecule has 1 fully saturated rings. The Morgan fingerprint density at radius 3 is 2.56 bits per heavy atom. The number of aliphatic hydroxyl groups is 2. The Kier molecular flexibility index (Phi) is 2.64. The summed E-state index contributed by atoms with van der Waals surface area (Å²) in [4.78, 5) is 5.76. The van der Waals surface area contributed by atoms with Crippen molar-refractivity contribution < 1.29 is 10.2 Å². The maximum atomic E-state index is 9.41. The van der Waals surface area contributed by atoms with E-state index in [0.29, 0.717) is 30.2 Å². The molecule has 0 aliphatic carbocycles. The van der Waals surface area contributed by atoms with E-state index in [2.05, 4.69) is 4.98 Å². The lowest BCUT2D eigenvalue weighted by Crippen LogP contribution is -2.23. The second kappa shape index (κ2) is 3.96. The standard InChI is InChI=1S/C10H12N4O2/c11-2-6-1-7(12)10(13-3-6)14-4-8(15)9(16)5-14/h1,3,8-9,15-16H,4-5,12H2. The smallest absolute Gasteiger partial charge is 0.152 e. The predicted octanol–water partition coefficient (Wildman–Crippen LogP) is -0.923. The zero-order chi connectivity index (χ0) is 11.7. The first-order valence-electron chi connectivity index (χ1n) is 4.88. The van der Waals surface area contributed by atoms with Gasteiger partial charge in [0.1, 0.15) is 6.07 Å². The summed E-state index contributed by atoms with van der Waals surface area (Å²) in [5, 5.41) is 27.5. The summed E-state index contributed by atoms with van der Waals surface area (Å²) in [6, 6.07) is 3.47. The molecule has 6 nitrogen and oxygen atoms in total. The van der Waals surface area contributed by atoms with Crippen molar-refractivity contribution in [1.82, 2.24) is 4.98 Å². The average molecular weight is 220 g/mol. The van der Waals surface area contributed by atoms with E-state index in [1.165, 1.54) is 12.3 Å². The van der Waals surface area contributed by atoms with Gasteiger partial charge in [-0.25, -0.2) is 4.98 Å². The van der Waals surface area contributed by atoms with E-state index in [-0.39, 0.29) is 0 Å². The molecule has 0 saturated carbocycles. The van der Waals surface area contributed by atoms with Crippen LogP contribution < -0.4 is 10.6 Å². The van der Waals surface area contributed by atoms with Crippen molar-refractivity contribution in [2.24, 2.45) is 0 Å². The Labute approximate surface area is 92.6 Å². The molecular weight excluding hydrogens is 208 g/mol. The molecule has 1 aliphatic heterocycles. The van der Waals surface area contributed by atoms with Gasteiger partial charge in [0.25, 0.3) is 0 Å². The molecule has 0 spiro atoms. The van der Waals surface area contributed by atoms with E-state index < -0.39 is 12.2 Å². The van der Waals surface area contributed by atoms with E-state index in [1.54, 1.807) is 4.90 Å². The Hall–Kier alpha value is -1.84. The largest absolute Gasteiger partial charge is 0.396 e. The highest BCUT2D eigenvalue weighted by atomic mass is 16.3. The Morgan fingerprint density at radius 2 is 2.06 bits per heavy atom. The molecule has 4 N–H and O–H groups in total. The second-order valence-electron chi connectivity index (χ2n) is 3.79. The van der Waals surface area contributed by atoms with Gasteiger partial charge in [0.05, 0.1) is 23.5 Å². The molecule has 2 heterocycles. The van der Waals surface area contributed by atoms with Gasteiger partial charge in [-0.15, -0.1) is 0 Å². The SMILES string of the molecule is N#Cc1cnc(N2CC(O)C(O)C2)c(N)c1. The number of nitriles is 1. The highest BCUT2D eigenvalue weighted by Crippen LogP contribution is 2.24. The van der Waals surface area contributed by atoms with Gasteiger partial charge in [-0.2, -0.15) is 5.26 Å². The molecule has 1 aromatic rings. The number of nitrogens with zero attached hydrogens (tertiary/aromatic N) is 3. The van der Waals surface area contributed by atoms with Crippen molar-refractivity contribution >= 4 is 11.5 Å². The zero-order valence-electron chi connectivity index (χ0n) is 8.54. The molecule has 6 heteroatoms. The Bertz CT molecular complexity index is 433. The zero-order valence-corrected chi connectivity index (χ0v) is 8.54. The summed E-state index contributed by atoms with van der Waals surface area (Å²) in [5.74, 6) is 0.495. The van der Waals surface area contributed by atoms with Crippen LogP contribution in [0.2, 0.25) is 0 Å². The van der Waals surface area contributed by atoms with Crippen LogP contribution in [0.5, 0.6) is 0 Å². The molecule has 0 bridgehead atoms. The van der Waals surface area contributed by atoms with Crippen LogP contribution in [0, 0.1) is 11.3 Å². The third kappa shape index (κ3) is 1.78. The van der Waals surface area contributed by atoms with Crippen LogP contribution in [-0.4, -0.2) is 40.5 Å². The maximum absolute atomic E-state index is 9.41. The minimum atomic E-state index is -0.781. The van der Waals surface area contributed by atoms with E-state index >= 15 is 0 Å². The van der Waals surface area contributed by atoms with Crippen LogP contribution in [-0.2, 0) is 0 Å². The van der Waals surface area contributed by atoms with E-state index in [4.69, 9.17) is 11.0 Å². The third-order valence-corrected chi connectivity index (χ3v) is 2.58. The summed E-state index contributed by atoms with van der Waals surface area (Å²) < 4.78 is 0. The second-order valence-corrected chi connectivity index (χ2v) is 3.79. The summed E-state index contributed by atoms with van der Waals surface area (Å²) in [7, 11) is 0.